The Hall–Kier alpha value is -1.31. The number of rotatable bonds is 0. The summed E-state index contributed by atoms with van der Waals surface area (Å²) >= 11 is 0. The van der Waals surface area contributed by atoms with Gasteiger partial charge in [0.25, 0.3) is 0 Å². The molecule has 0 bridgehead atoms. The van der Waals surface area contributed by atoms with E-state index in [0.717, 1.165) is 0 Å². The lowest BCUT2D eigenvalue weighted by atomic mass is 9.98. The molecule has 0 saturated heterocycles. The van der Waals surface area contributed by atoms with Crippen molar-refractivity contribution in [1.82, 2.24) is 0 Å². The monoisotopic (exact) mass is 228 g/mol. The molecule has 0 spiro atoms. The minimum atomic E-state index is -0.555. The lowest BCUT2D eigenvalue weighted by Gasteiger charge is -2.23. The fourth-order valence-electron chi connectivity index (χ4n) is 1.57. The minimum Gasteiger partial charge on any atom is -0.492 e. The predicted octanol–water partition coefficient (Wildman–Crippen LogP) is 1.90. The van der Waals surface area contributed by atoms with Crippen molar-refractivity contribution in [3.63, 3.8) is 0 Å². The van der Waals surface area contributed by atoms with Crippen LogP contribution in [0.5, 0.6) is 5.75 Å². The highest BCUT2D eigenvalue weighted by molar-refractivity contribution is 5.85. The Kier molecular flexibility index (Phi) is 3.51. The average Bonchev–Trinajstić information content (AvgIpc) is 2.18. The van der Waals surface area contributed by atoms with Gasteiger partial charge in [0, 0.05) is 18.0 Å². The molecule has 5 heteroatoms. The van der Waals surface area contributed by atoms with Crippen molar-refractivity contribution in [3.8, 4) is 11.8 Å². The lowest BCUT2D eigenvalue weighted by molar-refractivity contribution is 0.266. The molecule has 1 atom stereocenters. The Labute approximate surface area is 93.0 Å². The SMILES string of the molecule is Cl.N#Cc1c(F)ccc2c1OCC[C@H]2N. The molecule has 1 aliphatic heterocycles. The van der Waals surface area contributed by atoms with Gasteiger partial charge in [0.1, 0.15) is 23.2 Å². The van der Waals surface area contributed by atoms with E-state index in [0.29, 0.717) is 24.3 Å². The van der Waals surface area contributed by atoms with E-state index in [1.54, 1.807) is 12.1 Å². The summed E-state index contributed by atoms with van der Waals surface area (Å²) < 4.78 is 18.4. The maximum atomic E-state index is 13.2. The van der Waals surface area contributed by atoms with Crippen LogP contribution in [0.25, 0.3) is 0 Å². The summed E-state index contributed by atoms with van der Waals surface area (Å²) in [7, 11) is 0. The number of halogens is 2. The van der Waals surface area contributed by atoms with Crippen molar-refractivity contribution < 1.29 is 9.13 Å². The average molecular weight is 229 g/mol. The summed E-state index contributed by atoms with van der Waals surface area (Å²) in [5, 5.41) is 8.75. The number of benzene rings is 1. The second-order valence-corrected chi connectivity index (χ2v) is 3.20. The van der Waals surface area contributed by atoms with Crippen molar-refractivity contribution in [2.24, 2.45) is 5.73 Å². The smallest absolute Gasteiger partial charge is 0.144 e. The number of hydrogen-bond donors (Lipinski definition) is 1. The van der Waals surface area contributed by atoms with Crippen molar-refractivity contribution in [1.29, 1.82) is 5.26 Å². The summed E-state index contributed by atoms with van der Waals surface area (Å²) in [6, 6.07) is 4.46. The molecule has 1 heterocycles. The van der Waals surface area contributed by atoms with Crippen LogP contribution in [0, 0.1) is 17.1 Å². The first-order valence-corrected chi connectivity index (χ1v) is 4.35. The summed E-state index contributed by atoms with van der Waals surface area (Å²) in [4.78, 5) is 0. The van der Waals surface area contributed by atoms with Crippen molar-refractivity contribution in [3.05, 3.63) is 29.1 Å². The Bertz CT molecular complexity index is 417. The molecule has 2 N–H and O–H groups in total. The van der Waals surface area contributed by atoms with Crippen LogP contribution < -0.4 is 10.5 Å². The standard InChI is InChI=1S/C10H9FN2O.ClH/c11-8-2-1-6-9(13)3-4-14-10(6)7(8)5-12;/h1-2,9H,3-4,13H2;1H/t9-;/m1./s1. The molecule has 0 aliphatic carbocycles. The molecule has 1 aliphatic rings. The molecule has 1 aromatic carbocycles. The van der Waals surface area contributed by atoms with Crippen LogP contribution in [-0.4, -0.2) is 6.61 Å². The van der Waals surface area contributed by atoms with Gasteiger partial charge in [0.2, 0.25) is 0 Å². The zero-order valence-corrected chi connectivity index (χ0v) is 8.68. The van der Waals surface area contributed by atoms with Crippen LogP contribution in [0.15, 0.2) is 12.1 Å². The van der Waals surface area contributed by atoms with Gasteiger partial charge in [-0.2, -0.15) is 5.26 Å². The van der Waals surface area contributed by atoms with E-state index in [-0.39, 0.29) is 24.0 Å². The van der Waals surface area contributed by atoms with Gasteiger partial charge in [0.05, 0.1) is 6.61 Å². The highest BCUT2D eigenvalue weighted by Crippen LogP contribution is 2.34. The quantitative estimate of drug-likeness (QED) is 0.738. The number of fused-ring (bicyclic) bond motifs is 1. The maximum absolute atomic E-state index is 13.2. The molecule has 2 rings (SSSR count). The number of nitrogens with two attached hydrogens (primary N) is 1. The first-order valence-electron chi connectivity index (χ1n) is 4.35. The molecule has 0 aromatic heterocycles. The number of nitriles is 1. The van der Waals surface area contributed by atoms with Gasteiger partial charge in [-0.3, -0.25) is 0 Å². The molecule has 0 amide bonds. The first kappa shape index (κ1) is 11.8. The first-order chi connectivity index (χ1) is 6.74. The molecule has 1 aromatic rings. The zero-order chi connectivity index (χ0) is 10.1. The topological polar surface area (TPSA) is 59.0 Å². The maximum Gasteiger partial charge on any atom is 0.144 e. The summed E-state index contributed by atoms with van der Waals surface area (Å²) in [6.45, 7) is 0.437. The third-order valence-corrected chi connectivity index (χ3v) is 2.32. The highest BCUT2D eigenvalue weighted by Gasteiger charge is 2.23. The fourth-order valence-corrected chi connectivity index (χ4v) is 1.57. The Morgan fingerprint density at radius 3 is 2.93 bits per heavy atom. The van der Waals surface area contributed by atoms with Crippen LogP contribution >= 0.6 is 12.4 Å². The predicted molar refractivity (Wildman–Crippen MR) is 55.4 cm³/mol. The van der Waals surface area contributed by atoms with Crippen molar-refractivity contribution in [2.45, 2.75) is 12.5 Å². The van der Waals surface area contributed by atoms with E-state index >= 15 is 0 Å². The van der Waals surface area contributed by atoms with Gasteiger partial charge >= 0.3 is 0 Å². The summed E-state index contributed by atoms with van der Waals surface area (Å²) in [5.74, 6) is -0.244. The van der Waals surface area contributed by atoms with Gasteiger partial charge in [-0.1, -0.05) is 6.07 Å². The normalized spacial score (nSPS) is 18.1. The largest absolute Gasteiger partial charge is 0.492 e. The van der Waals surface area contributed by atoms with E-state index in [9.17, 15) is 4.39 Å². The lowest BCUT2D eigenvalue weighted by Crippen LogP contribution is -2.21. The van der Waals surface area contributed by atoms with Crippen LogP contribution in [0.3, 0.4) is 0 Å². The Balaban J connectivity index is 0.00000112. The highest BCUT2D eigenvalue weighted by atomic mass is 35.5. The van der Waals surface area contributed by atoms with E-state index in [2.05, 4.69) is 0 Å². The third kappa shape index (κ3) is 1.89. The van der Waals surface area contributed by atoms with Gasteiger partial charge in [-0.05, 0) is 6.07 Å². The molecule has 0 fully saturated rings. The number of nitrogens with zero attached hydrogens (tertiary/aromatic N) is 1. The molecule has 0 radical (unpaired) electrons. The van der Waals surface area contributed by atoms with E-state index in [4.69, 9.17) is 15.7 Å². The molecule has 0 unspecified atom stereocenters. The van der Waals surface area contributed by atoms with E-state index in [1.807, 2.05) is 0 Å². The second-order valence-electron chi connectivity index (χ2n) is 3.20. The van der Waals surface area contributed by atoms with Crippen molar-refractivity contribution in [2.75, 3.05) is 6.61 Å². The van der Waals surface area contributed by atoms with Crippen molar-refractivity contribution >= 4 is 12.4 Å². The van der Waals surface area contributed by atoms with Gasteiger partial charge in [-0.15, -0.1) is 12.4 Å². The molecular weight excluding hydrogens is 219 g/mol. The van der Waals surface area contributed by atoms with Crippen LogP contribution in [0.2, 0.25) is 0 Å². The number of hydrogen-bond acceptors (Lipinski definition) is 3. The molecule has 80 valence electrons. The Morgan fingerprint density at radius 1 is 1.53 bits per heavy atom. The van der Waals surface area contributed by atoms with E-state index in [1.165, 1.54) is 6.07 Å². The molecule has 3 nitrogen and oxygen atoms in total. The second kappa shape index (κ2) is 4.47. The minimum absolute atomic E-state index is 0. The fraction of sp³-hybridized carbons (Fsp3) is 0.300. The van der Waals surface area contributed by atoms with Gasteiger partial charge in [-0.25, -0.2) is 4.39 Å². The Morgan fingerprint density at radius 2 is 2.27 bits per heavy atom. The van der Waals surface area contributed by atoms with Crippen LogP contribution in [0.1, 0.15) is 23.6 Å². The van der Waals surface area contributed by atoms with Gasteiger partial charge < -0.3 is 10.5 Å². The number of ether oxygens (including phenoxy) is 1. The van der Waals surface area contributed by atoms with Crippen LogP contribution in [-0.2, 0) is 0 Å². The molecular formula is C10H10ClFN2O. The van der Waals surface area contributed by atoms with E-state index < -0.39 is 5.82 Å². The summed E-state index contributed by atoms with van der Waals surface area (Å²) in [5.41, 5.74) is 6.48. The third-order valence-electron chi connectivity index (χ3n) is 2.32. The molecule has 0 saturated carbocycles. The summed E-state index contributed by atoms with van der Waals surface area (Å²) in [6.07, 6.45) is 0.698. The van der Waals surface area contributed by atoms with Gasteiger partial charge in [0.15, 0.2) is 0 Å². The van der Waals surface area contributed by atoms with Crippen LogP contribution in [0.4, 0.5) is 4.39 Å². The zero-order valence-electron chi connectivity index (χ0n) is 7.87. The molecule has 15 heavy (non-hydrogen) atoms.